The predicted octanol–water partition coefficient (Wildman–Crippen LogP) is 3.46. The maximum absolute atomic E-state index is 11.1. The number of anilines is 1. The topological polar surface area (TPSA) is 64.3 Å². The Morgan fingerprint density at radius 3 is 3.00 bits per heavy atom. The molecule has 1 aliphatic rings. The highest BCUT2D eigenvalue weighted by molar-refractivity contribution is 7.16. The first kappa shape index (κ1) is 16.6. The molecule has 1 aliphatic carbocycles. The third-order valence-electron chi connectivity index (χ3n) is 4.16. The van der Waals surface area contributed by atoms with Gasteiger partial charge in [0.1, 0.15) is 11.1 Å². The Morgan fingerprint density at radius 2 is 2.41 bits per heavy atom. The fraction of sp³-hybridized carbons (Fsp3) is 0.529. The lowest BCUT2D eigenvalue weighted by molar-refractivity contribution is -0.140. The number of nitrogens with zero attached hydrogens (tertiary/aromatic N) is 2. The Bertz CT molecular complexity index is 615. The zero-order chi connectivity index (χ0) is 16.3. The van der Waals surface area contributed by atoms with Crippen molar-refractivity contribution in [3.8, 4) is 6.07 Å². The van der Waals surface area contributed by atoms with Crippen LogP contribution in [0.15, 0.2) is 12.7 Å². The minimum Gasteiger partial charge on any atom is -0.481 e. The van der Waals surface area contributed by atoms with Crippen LogP contribution in [0.5, 0.6) is 0 Å². The third-order valence-corrected chi connectivity index (χ3v) is 5.47. The number of carboxylic acid groups (broad SMARTS) is 1. The molecule has 1 aromatic heterocycles. The summed E-state index contributed by atoms with van der Waals surface area (Å²) in [6, 6.07) is 2.35. The molecular formula is C17H22N2O2S. The molecule has 1 heterocycles. The molecular weight excluding hydrogens is 296 g/mol. The zero-order valence-corrected chi connectivity index (χ0v) is 13.9. The van der Waals surface area contributed by atoms with Gasteiger partial charge in [-0.15, -0.1) is 17.9 Å². The standard InChI is InChI=1S/C17H22N2O2S/c1-4-7-19(10-12(3)17(20)21)16-14(9-18)13-6-5-11(2)8-15(13)22-16/h4,11-12H,1,5-8,10H2,2-3H3,(H,20,21). The Hall–Kier alpha value is -1.80. The van der Waals surface area contributed by atoms with E-state index in [0.29, 0.717) is 19.0 Å². The van der Waals surface area contributed by atoms with Gasteiger partial charge in [0.2, 0.25) is 0 Å². The highest BCUT2D eigenvalue weighted by atomic mass is 32.1. The average molecular weight is 318 g/mol. The Kier molecular flexibility index (Phi) is 5.25. The van der Waals surface area contributed by atoms with E-state index in [2.05, 4.69) is 19.6 Å². The van der Waals surface area contributed by atoms with Gasteiger partial charge in [0.15, 0.2) is 0 Å². The van der Waals surface area contributed by atoms with Crippen LogP contribution in [-0.2, 0) is 17.6 Å². The van der Waals surface area contributed by atoms with Crippen molar-refractivity contribution in [2.45, 2.75) is 33.1 Å². The second-order valence-electron chi connectivity index (χ2n) is 6.08. The summed E-state index contributed by atoms with van der Waals surface area (Å²) < 4.78 is 0. The molecule has 118 valence electrons. The summed E-state index contributed by atoms with van der Waals surface area (Å²) >= 11 is 1.65. The highest BCUT2D eigenvalue weighted by Gasteiger charge is 2.27. The first-order chi connectivity index (χ1) is 10.5. The highest BCUT2D eigenvalue weighted by Crippen LogP contribution is 2.41. The van der Waals surface area contributed by atoms with E-state index in [-0.39, 0.29) is 0 Å². The number of fused-ring (bicyclic) bond motifs is 1. The summed E-state index contributed by atoms with van der Waals surface area (Å²) in [5.74, 6) is -0.650. The Labute approximate surface area is 135 Å². The molecule has 22 heavy (non-hydrogen) atoms. The summed E-state index contributed by atoms with van der Waals surface area (Å²) in [5, 5.41) is 19.6. The summed E-state index contributed by atoms with van der Waals surface area (Å²) in [6.45, 7) is 8.64. The van der Waals surface area contributed by atoms with E-state index in [1.165, 1.54) is 10.4 Å². The SMILES string of the molecule is C=CCN(CC(C)C(=O)O)c1sc2c(c1C#N)CCC(C)C2. The molecule has 0 aromatic carbocycles. The number of thiophene rings is 1. The van der Waals surface area contributed by atoms with Crippen molar-refractivity contribution in [3.63, 3.8) is 0 Å². The number of carbonyl (C=O) groups is 1. The minimum atomic E-state index is -0.817. The Morgan fingerprint density at radius 1 is 1.68 bits per heavy atom. The molecule has 0 saturated heterocycles. The smallest absolute Gasteiger partial charge is 0.308 e. The van der Waals surface area contributed by atoms with Crippen LogP contribution in [0.25, 0.3) is 0 Å². The van der Waals surface area contributed by atoms with Crippen molar-refractivity contribution in [2.24, 2.45) is 11.8 Å². The van der Waals surface area contributed by atoms with Crippen LogP contribution in [0.1, 0.15) is 36.3 Å². The first-order valence-electron chi connectivity index (χ1n) is 7.61. The summed E-state index contributed by atoms with van der Waals surface area (Å²) in [6.07, 6.45) is 4.85. The van der Waals surface area contributed by atoms with Crippen LogP contribution in [-0.4, -0.2) is 24.2 Å². The number of carboxylic acids is 1. The van der Waals surface area contributed by atoms with E-state index in [4.69, 9.17) is 5.11 Å². The molecule has 1 N–H and O–H groups in total. The zero-order valence-electron chi connectivity index (χ0n) is 13.1. The van der Waals surface area contributed by atoms with Gasteiger partial charge < -0.3 is 10.0 Å². The van der Waals surface area contributed by atoms with Gasteiger partial charge >= 0.3 is 5.97 Å². The lowest BCUT2D eigenvalue weighted by atomic mass is 9.88. The van der Waals surface area contributed by atoms with Gasteiger partial charge in [0.25, 0.3) is 0 Å². The van der Waals surface area contributed by atoms with E-state index >= 15 is 0 Å². The van der Waals surface area contributed by atoms with Crippen molar-refractivity contribution in [2.75, 3.05) is 18.0 Å². The molecule has 2 atom stereocenters. The number of aliphatic carboxylic acids is 1. The van der Waals surface area contributed by atoms with Gasteiger partial charge in [0, 0.05) is 18.0 Å². The van der Waals surface area contributed by atoms with E-state index < -0.39 is 11.9 Å². The molecule has 2 rings (SSSR count). The maximum atomic E-state index is 11.1. The van der Waals surface area contributed by atoms with E-state index in [9.17, 15) is 10.1 Å². The van der Waals surface area contributed by atoms with E-state index in [1.807, 2.05) is 4.90 Å². The van der Waals surface area contributed by atoms with Crippen LogP contribution in [0.2, 0.25) is 0 Å². The fourth-order valence-corrected chi connectivity index (χ4v) is 4.36. The molecule has 1 aromatic rings. The number of hydrogen-bond acceptors (Lipinski definition) is 4. The van der Waals surface area contributed by atoms with Crippen LogP contribution in [0, 0.1) is 23.2 Å². The van der Waals surface area contributed by atoms with Crippen molar-refractivity contribution in [3.05, 3.63) is 28.7 Å². The van der Waals surface area contributed by atoms with Gasteiger partial charge in [-0.2, -0.15) is 5.26 Å². The molecule has 0 spiro atoms. The van der Waals surface area contributed by atoms with Crippen molar-refractivity contribution >= 4 is 22.3 Å². The summed E-state index contributed by atoms with van der Waals surface area (Å²) in [4.78, 5) is 14.4. The van der Waals surface area contributed by atoms with Crippen LogP contribution in [0.3, 0.4) is 0 Å². The number of hydrogen-bond donors (Lipinski definition) is 1. The average Bonchev–Trinajstić information content (AvgIpc) is 2.83. The van der Waals surface area contributed by atoms with E-state index in [1.54, 1.807) is 24.3 Å². The monoisotopic (exact) mass is 318 g/mol. The van der Waals surface area contributed by atoms with E-state index in [0.717, 1.165) is 29.8 Å². The lowest BCUT2D eigenvalue weighted by Crippen LogP contribution is -2.31. The summed E-state index contributed by atoms with van der Waals surface area (Å²) in [7, 11) is 0. The third kappa shape index (κ3) is 3.33. The van der Waals surface area contributed by atoms with Gasteiger partial charge in [-0.25, -0.2) is 0 Å². The largest absolute Gasteiger partial charge is 0.481 e. The molecule has 0 saturated carbocycles. The maximum Gasteiger partial charge on any atom is 0.308 e. The second kappa shape index (κ2) is 6.97. The van der Waals surface area contributed by atoms with Crippen molar-refractivity contribution in [1.29, 1.82) is 5.26 Å². The molecule has 4 nitrogen and oxygen atoms in total. The molecule has 5 heteroatoms. The lowest BCUT2D eigenvalue weighted by Gasteiger charge is -2.24. The quantitative estimate of drug-likeness (QED) is 0.816. The minimum absolute atomic E-state index is 0.394. The van der Waals surface area contributed by atoms with Crippen molar-refractivity contribution < 1.29 is 9.90 Å². The molecule has 0 fully saturated rings. The van der Waals surface area contributed by atoms with Crippen molar-refractivity contribution in [1.82, 2.24) is 0 Å². The van der Waals surface area contributed by atoms with Gasteiger partial charge in [-0.3, -0.25) is 4.79 Å². The molecule has 2 unspecified atom stereocenters. The van der Waals surface area contributed by atoms with Gasteiger partial charge in [-0.05, 0) is 30.7 Å². The van der Waals surface area contributed by atoms with Crippen LogP contribution in [0.4, 0.5) is 5.00 Å². The summed E-state index contributed by atoms with van der Waals surface area (Å²) in [5.41, 5.74) is 1.92. The fourth-order valence-electron chi connectivity index (χ4n) is 2.88. The van der Waals surface area contributed by atoms with Crippen LogP contribution >= 0.6 is 11.3 Å². The molecule has 0 bridgehead atoms. The normalized spacial score (nSPS) is 18.1. The second-order valence-corrected chi connectivity index (χ2v) is 7.16. The number of rotatable bonds is 6. The molecule has 0 aliphatic heterocycles. The molecule has 0 amide bonds. The van der Waals surface area contributed by atoms with Gasteiger partial charge in [-0.1, -0.05) is 19.9 Å². The predicted molar refractivity (Wildman–Crippen MR) is 89.4 cm³/mol. The Balaban J connectivity index is 2.37. The van der Waals surface area contributed by atoms with Crippen LogP contribution < -0.4 is 4.90 Å². The molecule has 0 radical (unpaired) electrons. The number of nitriles is 1. The van der Waals surface area contributed by atoms with Gasteiger partial charge in [0.05, 0.1) is 11.5 Å². The first-order valence-corrected chi connectivity index (χ1v) is 8.42.